The molecule has 0 spiro atoms. The van der Waals surface area contributed by atoms with Crippen molar-refractivity contribution in [1.29, 1.82) is 0 Å². The van der Waals surface area contributed by atoms with E-state index in [0.29, 0.717) is 12.0 Å². The van der Waals surface area contributed by atoms with Gasteiger partial charge in [0.15, 0.2) is 0 Å². The van der Waals surface area contributed by atoms with Gasteiger partial charge in [0.05, 0.1) is 5.69 Å². The Labute approximate surface area is 145 Å². The molecule has 5 heteroatoms. The van der Waals surface area contributed by atoms with Gasteiger partial charge in [-0.1, -0.05) is 54.5 Å². The van der Waals surface area contributed by atoms with E-state index in [1.807, 2.05) is 18.2 Å². The van der Waals surface area contributed by atoms with Crippen LogP contribution in [0.15, 0.2) is 65.2 Å². The third-order valence-corrected chi connectivity index (χ3v) is 4.01. The summed E-state index contributed by atoms with van der Waals surface area (Å²) in [6.45, 7) is 2.33. The molecule has 3 aromatic rings. The lowest BCUT2D eigenvalue weighted by atomic mass is 9.96. The van der Waals surface area contributed by atoms with Crippen LogP contribution >= 0.6 is 0 Å². The smallest absolute Gasteiger partial charge is 0.290 e. The second kappa shape index (κ2) is 7.75. The van der Waals surface area contributed by atoms with Crippen LogP contribution in [0.5, 0.6) is 0 Å². The molecule has 0 radical (unpaired) electrons. The van der Waals surface area contributed by atoms with E-state index in [-0.39, 0.29) is 29.9 Å². The Morgan fingerprint density at radius 1 is 1.16 bits per heavy atom. The maximum Gasteiger partial charge on any atom is 0.290 e. The lowest BCUT2D eigenvalue weighted by Crippen LogP contribution is -2.22. The van der Waals surface area contributed by atoms with Crippen molar-refractivity contribution in [2.45, 2.75) is 25.8 Å². The molecule has 0 aliphatic rings. The fourth-order valence-corrected chi connectivity index (χ4v) is 2.64. The van der Waals surface area contributed by atoms with Crippen LogP contribution in [0.1, 0.15) is 40.2 Å². The first-order valence-corrected chi connectivity index (χ1v) is 8.15. The summed E-state index contributed by atoms with van der Waals surface area (Å²) in [5.74, 6) is -0.264. The SMILES string of the molecule is C[C@H](Cc1cc(C(=O)NCc2cccc(F)c2)on1)c1ccccc1. The minimum Gasteiger partial charge on any atom is -0.351 e. The Bertz CT molecular complexity index is 846. The molecule has 0 fully saturated rings. The molecule has 1 atom stereocenters. The van der Waals surface area contributed by atoms with Crippen LogP contribution in [0.25, 0.3) is 0 Å². The molecule has 0 saturated heterocycles. The highest BCUT2D eigenvalue weighted by Crippen LogP contribution is 2.20. The van der Waals surface area contributed by atoms with Crippen LogP contribution in [0.4, 0.5) is 4.39 Å². The van der Waals surface area contributed by atoms with Crippen molar-refractivity contribution in [2.75, 3.05) is 0 Å². The summed E-state index contributed by atoms with van der Waals surface area (Å²) in [4.78, 5) is 12.1. The summed E-state index contributed by atoms with van der Waals surface area (Å²) < 4.78 is 18.3. The predicted octanol–water partition coefficient (Wildman–Crippen LogP) is 4.09. The highest BCUT2D eigenvalue weighted by Gasteiger charge is 2.15. The van der Waals surface area contributed by atoms with Gasteiger partial charge in [-0.2, -0.15) is 0 Å². The van der Waals surface area contributed by atoms with Crippen molar-refractivity contribution >= 4 is 5.91 Å². The molecule has 0 aliphatic heterocycles. The Balaban J connectivity index is 1.58. The maximum atomic E-state index is 13.1. The number of rotatable bonds is 6. The molecule has 0 unspecified atom stereocenters. The van der Waals surface area contributed by atoms with E-state index in [9.17, 15) is 9.18 Å². The lowest BCUT2D eigenvalue weighted by Gasteiger charge is -2.08. The van der Waals surface area contributed by atoms with Crippen molar-refractivity contribution < 1.29 is 13.7 Å². The summed E-state index contributed by atoms with van der Waals surface area (Å²) in [5.41, 5.74) is 2.63. The third-order valence-electron chi connectivity index (χ3n) is 4.01. The maximum absolute atomic E-state index is 13.1. The van der Waals surface area contributed by atoms with E-state index in [1.54, 1.807) is 18.2 Å². The van der Waals surface area contributed by atoms with Gasteiger partial charge in [0.25, 0.3) is 5.91 Å². The van der Waals surface area contributed by atoms with E-state index < -0.39 is 0 Å². The number of halogens is 1. The van der Waals surface area contributed by atoms with Gasteiger partial charge in [0.2, 0.25) is 5.76 Å². The Kier molecular flexibility index (Phi) is 5.23. The van der Waals surface area contributed by atoms with Crippen LogP contribution in [0.3, 0.4) is 0 Å². The van der Waals surface area contributed by atoms with Gasteiger partial charge in [-0.3, -0.25) is 4.79 Å². The average molecular weight is 338 g/mol. The molecule has 1 aromatic heterocycles. The van der Waals surface area contributed by atoms with Crippen LogP contribution in [0, 0.1) is 5.82 Å². The van der Waals surface area contributed by atoms with Crippen molar-refractivity contribution in [3.05, 3.63) is 89.1 Å². The molecule has 1 N–H and O–H groups in total. The molecular weight excluding hydrogens is 319 g/mol. The van der Waals surface area contributed by atoms with E-state index in [4.69, 9.17) is 4.52 Å². The molecule has 0 bridgehead atoms. The number of amides is 1. The quantitative estimate of drug-likeness (QED) is 0.736. The molecule has 4 nitrogen and oxygen atoms in total. The minimum atomic E-state index is -0.365. The summed E-state index contributed by atoms with van der Waals surface area (Å²) in [6, 6.07) is 17.9. The fourth-order valence-electron chi connectivity index (χ4n) is 2.64. The van der Waals surface area contributed by atoms with Gasteiger partial charge >= 0.3 is 0 Å². The number of aromatic nitrogens is 1. The lowest BCUT2D eigenvalue weighted by molar-refractivity contribution is 0.0914. The van der Waals surface area contributed by atoms with Crippen LogP contribution in [-0.4, -0.2) is 11.1 Å². The second-order valence-corrected chi connectivity index (χ2v) is 6.01. The number of nitrogens with zero attached hydrogens (tertiary/aromatic N) is 1. The number of hydrogen-bond acceptors (Lipinski definition) is 3. The molecule has 1 amide bonds. The topological polar surface area (TPSA) is 55.1 Å². The number of hydrogen-bond donors (Lipinski definition) is 1. The summed E-state index contributed by atoms with van der Waals surface area (Å²) in [5, 5.41) is 6.68. The molecule has 0 aliphatic carbocycles. The van der Waals surface area contributed by atoms with Gasteiger partial charge in [-0.15, -0.1) is 0 Å². The van der Waals surface area contributed by atoms with Crippen LogP contribution in [-0.2, 0) is 13.0 Å². The summed E-state index contributed by atoms with van der Waals surface area (Å²) >= 11 is 0. The van der Waals surface area contributed by atoms with Crippen LogP contribution < -0.4 is 5.32 Å². The van der Waals surface area contributed by atoms with Crippen molar-refractivity contribution in [3.8, 4) is 0 Å². The normalized spacial score (nSPS) is 11.9. The molecule has 128 valence electrons. The molecule has 3 rings (SSSR count). The number of carbonyl (C=O) groups is 1. The summed E-state index contributed by atoms with van der Waals surface area (Å²) in [7, 11) is 0. The molecule has 1 heterocycles. The highest BCUT2D eigenvalue weighted by atomic mass is 19.1. The van der Waals surface area contributed by atoms with E-state index >= 15 is 0 Å². The molecule has 0 saturated carbocycles. The fraction of sp³-hybridized carbons (Fsp3) is 0.200. The largest absolute Gasteiger partial charge is 0.351 e. The zero-order valence-electron chi connectivity index (χ0n) is 13.9. The Morgan fingerprint density at radius 2 is 1.96 bits per heavy atom. The predicted molar refractivity (Wildman–Crippen MR) is 92.6 cm³/mol. The molecular formula is C20H19FN2O2. The van der Waals surface area contributed by atoms with Gasteiger partial charge in [0, 0.05) is 12.6 Å². The first kappa shape index (κ1) is 16.9. The van der Waals surface area contributed by atoms with Gasteiger partial charge in [-0.25, -0.2) is 4.39 Å². The third kappa shape index (κ3) is 4.53. The van der Waals surface area contributed by atoms with Crippen molar-refractivity contribution in [3.63, 3.8) is 0 Å². The van der Waals surface area contributed by atoms with E-state index in [2.05, 4.69) is 29.5 Å². The molecule has 2 aromatic carbocycles. The zero-order valence-corrected chi connectivity index (χ0v) is 13.9. The number of carbonyl (C=O) groups excluding carboxylic acids is 1. The first-order chi connectivity index (χ1) is 12.1. The monoisotopic (exact) mass is 338 g/mol. The average Bonchev–Trinajstić information content (AvgIpc) is 3.09. The van der Waals surface area contributed by atoms with Crippen molar-refractivity contribution in [1.82, 2.24) is 10.5 Å². The number of benzene rings is 2. The number of nitrogens with one attached hydrogen (secondary N) is 1. The minimum absolute atomic E-state index is 0.159. The van der Waals surface area contributed by atoms with Gasteiger partial charge in [-0.05, 0) is 35.6 Å². The summed E-state index contributed by atoms with van der Waals surface area (Å²) in [6.07, 6.45) is 0.685. The standard InChI is InChI=1S/C20H19FN2O2/c1-14(16-7-3-2-4-8-16)10-18-12-19(25-23-18)20(24)22-13-15-6-5-9-17(21)11-15/h2-9,11-12,14H,10,13H2,1H3,(H,22,24)/t14-/m1/s1. The van der Waals surface area contributed by atoms with E-state index in [1.165, 1.54) is 17.7 Å². The Morgan fingerprint density at radius 3 is 2.72 bits per heavy atom. The zero-order chi connectivity index (χ0) is 17.6. The Hall–Kier alpha value is -2.95. The van der Waals surface area contributed by atoms with Gasteiger partial charge in [0.1, 0.15) is 5.82 Å². The highest BCUT2D eigenvalue weighted by molar-refractivity contribution is 5.91. The first-order valence-electron chi connectivity index (χ1n) is 8.15. The van der Waals surface area contributed by atoms with E-state index in [0.717, 1.165) is 5.69 Å². The van der Waals surface area contributed by atoms with Crippen molar-refractivity contribution in [2.24, 2.45) is 0 Å². The van der Waals surface area contributed by atoms with Crippen LogP contribution in [0.2, 0.25) is 0 Å². The van der Waals surface area contributed by atoms with Gasteiger partial charge < -0.3 is 9.84 Å². The molecule has 25 heavy (non-hydrogen) atoms. The second-order valence-electron chi connectivity index (χ2n) is 6.01.